The SMILES string of the molecule is Cc1oc2nc1-c1nc(c(/C=C/c3cccc4ccccc34)o1)-c1nc(co1)C(=O)N[C@@H](CCCCN)c1nc(co1)-c1nc(co1)-c1nc(co1)C(=O)N[C@H]2CCCCN. The smallest absolute Gasteiger partial charge is 0.273 e. The van der Waals surface area contributed by atoms with Crippen molar-refractivity contribution in [2.75, 3.05) is 13.1 Å². The van der Waals surface area contributed by atoms with Crippen molar-refractivity contribution >= 4 is 34.7 Å². The molecule has 0 aliphatic carbocycles. The molecular weight excluding hydrogens is 785 g/mol. The van der Waals surface area contributed by atoms with Crippen LogP contribution in [0.15, 0.2) is 94.0 Å². The van der Waals surface area contributed by atoms with Crippen LogP contribution in [0.4, 0.5) is 0 Å². The Morgan fingerprint density at radius 2 is 1.20 bits per heavy atom. The summed E-state index contributed by atoms with van der Waals surface area (Å²) in [7, 11) is 0. The number of hydrogen-bond donors (Lipinski definition) is 4. The predicted molar refractivity (Wildman–Crippen MR) is 219 cm³/mol. The molecule has 2 amide bonds. The Bertz CT molecular complexity index is 2850. The molecule has 2 atom stereocenters. The highest BCUT2D eigenvalue weighted by atomic mass is 16.4. The number of rotatable bonds is 10. The van der Waals surface area contributed by atoms with E-state index in [0.29, 0.717) is 57.4 Å². The van der Waals surface area contributed by atoms with E-state index in [1.54, 1.807) is 13.0 Å². The van der Waals surface area contributed by atoms with Gasteiger partial charge in [-0.2, -0.15) is 0 Å². The van der Waals surface area contributed by atoms with E-state index in [4.69, 9.17) is 47.9 Å². The topological polar surface area (TPSA) is 266 Å². The van der Waals surface area contributed by atoms with E-state index >= 15 is 0 Å². The first-order valence-corrected chi connectivity index (χ1v) is 19.8. The molecule has 0 saturated heterocycles. The fourth-order valence-corrected chi connectivity index (χ4v) is 7.01. The van der Waals surface area contributed by atoms with Gasteiger partial charge >= 0.3 is 0 Å². The van der Waals surface area contributed by atoms with Gasteiger partial charge in [0.2, 0.25) is 35.3 Å². The number of carbonyl (C=O) groups is 2. The zero-order chi connectivity index (χ0) is 41.9. The largest absolute Gasteiger partial charge is 0.446 e. The standard InChI is InChI=1S/C43H40N10O8/c1-23-34-43-53-35(33(61-43)16-15-25-11-8-10-24-9-2-3-12-26(24)25)42-49-30(20-59-42)37(55)46-27(13-4-6-17-44)38-50-32(21-57-38)40-51-31(22-58-40)39-48-29(19-56-39)36(54)47-28(14-5-7-18-45)41(52-34)60-23/h2-3,8-12,15-16,19-22,27-28H,4-7,13-14,17-18,44-45H2,1H3,(H,46,55)(H,47,54)/b16-15+/t27-,28-/m0/s1. The van der Waals surface area contributed by atoms with Gasteiger partial charge in [0.1, 0.15) is 42.9 Å². The summed E-state index contributed by atoms with van der Waals surface area (Å²) in [4.78, 5) is 55.1. The van der Waals surface area contributed by atoms with Crippen LogP contribution in [0.1, 0.15) is 100 Å². The van der Waals surface area contributed by atoms with Gasteiger partial charge in [-0.05, 0) is 81.0 Å². The lowest BCUT2D eigenvalue weighted by Gasteiger charge is -2.14. The summed E-state index contributed by atoms with van der Waals surface area (Å²) in [6.45, 7) is 2.65. The molecule has 0 spiro atoms. The number of amides is 2. The maximum absolute atomic E-state index is 13.8. The zero-order valence-electron chi connectivity index (χ0n) is 32.9. The monoisotopic (exact) mass is 824 g/mol. The molecule has 7 heterocycles. The van der Waals surface area contributed by atoms with Crippen molar-refractivity contribution < 1.29 is 36.1 Å². The highest BCUT2D eigenvalue weighted by molar-refractivity contribution is 5.94. The van der Waals surface area contributed by atoms with E-state index in [-0.39, 0.29) is 75.3 Å². The number of fused-ring (bicyclic) bond motifs is 17. The quantitative estimate of drug-likeness (QED) is 0.0976. The third-order valence-electron chi connectivity index (χ3n) is 10.1. The number of nitrogens with two attached hydrogens (primary N) is 2. The third-order valence-corrected chi connectivity index (χ3v) is 10.1. The van der Waals surface area contributed by atoms with Crippen LogP contribution < -0.4 is 22.1 Å². The van der Waals surface area contributed by atoms with Gasteiger partial charge in [-0.3, -0.25) is 9.59 Å². The first-order valence-electron chi connectivity index (χ1n) is 19.8. The number of nitrogens with one attached hydrogen (secondary N) is 2. The van der Waals surface area contributed by atoms with Crippen molar-refractivity contribution in [1.29, 1.82) is 0 Å². The van der Waals surface area contributed by atoms with E-state index in [2.05, 4.69) is 30.6 Å². The first kappa shape index (κ1) is 39.0. The molecule has 61 heavy (non-hydrogen) atoms. The Labute approximate surface area is 346 Å². The van der Waals surface area contributed by atoms with Crippen LogP contribution in [0.2, 0.25) is 0 Å². The molecular formula is C43H40N10O8. The van der Waals surface area contributed by atoms with Crippen molar-refractivity contribution in [3.05, 3.63) is 108 Å². The highest BCUT2D eigenvalue weighted by Gasteiger charge is 2.30. The normalized spacial score (nSPS) is 15.6. The minimum atomic E-state index is -0.690. The number of aromatic nitrogens is 6. The average molecular weight is 825 g/mol. The molecule has 1 aliphatic heterocycles. The number of nitrogens with zero attached hydrogens (tertiary/aromatic N) is 6. The van der Waals surface area contributed by atoms with E-state index < -0.39 is 23.9 Å². The average Bonchev–Trinajstić information content (AvgIpc) is 4.13. The number of unbranched alkanes of at least 4 members (excludes halogenated alkanes) is 2. The van der Waals surface area contributed by atoms with Gasteiger partial charge in [0.05, 0.1) is 0 Å². The molecule has 8 aromatic rings. The lowest BCUT2D eigenvalue weighted by Crippen LogP contribution is -2.29. The first-order chi connectivity index (χ1) is 29.8. The fourth-order valence-electron chi connectivity index (χ4n) is 7.01. The molecule has 18 heteroatoms. The lowest BCUT2D eigenvalue weighted by atomic mass is 10.0. The summed E-state index contributed by atoms with van der Waals surface area (Å²) >= 11 is 0. The van der Waals surface area contributed by atoms with Crippen molar-refractivity contribution in [3.63, 3.8) is 0 Å². The Kier molecular flexibility index (Phi) is 10.9. The molecule has 1 aliphatic rings. The van der Waals surface area contributed by atoms with E-state index in [1.165, 1.54) is 25.1 Å². The zero-order valence-corrected chi connectivity index (χ0v) is 32.9. The van der Waals surface area contributed by atoms with Gasteiger partial charge < -0.3 is 48.6 Å². The molecule has 6 aromatic heterocycles. The van der Waals surface area contributed by atoms with Crippen LogP contribution in [-0.2, 0) is 0 Å². The molecule has 12 bridgehead atoms. The van der Waals surface area contributed by atoms with Crippen LogP contribution in [0.5, 0.6) is 0 Å². The van der Waals surface area contributed by atoms with Crippen molar-refractivity contribution in [2.24, 2.45) is 11.5 Å². The van der Waals surface area contributed by atoms with Crippen LogP contribution in [-0.4, -0.2) is 54.8 Å². The fraction of sp³-hybridized carbons (Fsp3) is 0.256. The molecule has 0 fully saturated rings. The highest BCUT2D eigenvalue weighted by Crippen LogP contribution is 2.35. The Morgan fingerprint density at radius 1 is 0.590 bits per heavy atom. The second kappa shape index (κ2) is 17.0. The Hall–Kier alpha value is -7.44. The lowest BCUT2D eigenvalue weighted by molar-refractivity contribution is 0.0914. The van der Waals surface area contributed by atoms with Crippen LogP contribution in [0.25, 0.3) is 69.3 Å². The molecule has 9 rings (SSSR count). The summed E-state index contributed by atoms with van der Waals surface area (Å²) in [6, 6.07) is 12.7. The summed E-state index contributed by atoms with van der Waals surface area (Å²) in [5.74, 6) is 0.254. The maximum Gasteiger partial charge on any atom is 0.273 e. The van der Waals surface area contributed by atoms with Gasteiger partial charge in [-0.1, -0.05) is 48.5 Å². The predicted octanol–water partition coefficient (Wildman–Crippen LogP) is 7.43. The van der Waals surface area contributed by atoms with Crippen LogP contribution in [0, 0.1) is 6.92 Å². The summed E-state index contributed by atoms with van der Waals surface area (Å²) in [5, 5.41) is 8.05. The Morgan fingerprint density at radius 3 is 1.93 bits per heavy atom. The van der Waals surface area contributed by atoms with Crippen molar-refractivity contribution in [2.45, 2.75) is 57.5 Å². The van der Waals surface area contributed by atoms with Gasteiger partial charge in [-0.25, -0.2) is 29.9 Å². The van der Waals surface area contributed by atoms with Crippen molar-refractivity contribution in [3.8, 4) is 46.3 Å². The van der Waals surface area contributed by atoms with Gasteiger partial charge in [0.15, 0.2) is 39.9 Å². The van der Waals surface area contributed by atoms with E-state index in [1.807, 2.05) is 48.5 Å². The number of carbonyl (C=O) groups excluding carboxylic acids is 2. The number of aryl methyl sites for hydroxylation is 1. The van der Waals surface area contributed by atoms with Gasteiger partial charge in [0, 0.05) is 0 Å². The third kappa shape index (κ3) is 8.13. The number of benzene rings is 2. The molecule has 2 aromatic carbocycles. The second-order valence-corrected chi connectivity index (χ2v) is 14.4. The van der Waals surface area contributed by atoms with Gasteiger partial charge in [-0.15, -0.1) is 0 Å². The number of oxazole rings is 6. The second-order valence-electron chi connectivity index (χ2n) is 14.4. The minimum Gasteiger partial charge on any atom is -0.446 e. The van der Waals surface area contributed by atoms with E-state index in [0.717, 1.165) is 16.3 Å². The van der Waals surface area contributed by atoms with Crippen LogP contribution in [0.3, 0.4) is 0 Å². The molecule has 0 unspecified atom stereocenters. The molecule has 6 N–H and O–H groups in total. The number of hydrogen-bond acceptors (Lipinski definition) is 16. The molecule has 0 saturated carbocycles. The summed E-state index contributed by atoms with van der Waals surface area (Å²) < 4.78 is 35.7. The van der Waals surface area contributed by atoms with E-state index in [9.17, 15) is 9.59 Å². The molecule has 310 valence electrons. The summed E-state index contributed by atoms with van der Waals surface area (Å²) in [6.07, 6.45) is 12.5. The van der Waals surface area contributed by atoms with Crippen LogP contribution >= 0.6 is 0 Å². The minimum absolute atomic E-state index is 0.00796. The maximum atomic E-state index is 13.8. The van der Waals surface area contributed by atoms with Gasteiger partial charge in [0.25, 0.3) is 11.8 Å². The summed E-state index contributed by atoms with van der Waals surface area (Å²) in [5.41, 5.74) is 13.5. The Balaban J connectivity index is 1.14. The molecule has 0 radical (unpaired) electrons. The van der Waals surface area contributed by atoms with Crippen molar-refractivity contribution in [1.82, 2.24) is 40.5 Å². The molecule has 18 nitrogen and oxygen atoms in total.